The summed E-state index contributed by atoms with van der Waals surface area (Å²) in [6.45, 7) is 3.82. The summed E-state index contributed by atoms with van der Waals surface area (Å²) >= 11 is 0. The summed E-state index contributed by atoms with van der Waals surface area (Å²) < 4.78 is 11.3. The van der Waals surface area contributed by atoms with Crippen LogP contribution in [0.25, 0.3) is 0 Å². The number of hydrogen-bond donors (Lipinski definition) is 1. The first-order chi connectivity index (χ1) is 12.2. The van der Waals surface area contributed by atoms with Crippen LogP contribution in [0.3, 0.4) is 0 Å². The lowest BCUT2D eigenvalue weighted by molar-refractivity contribution is 0.170. The SMILES string of the molecule is Cc1cnccc1NC(=O)N1CCC[C@H]1c1ccc2c(c1)OCCO2. The summed E-state index contributed by atoms with van der Waals surface area (Å²) in [6, 6.07) is 7.77. The van der Waals surface area contributed by atoms with Gasteiger partial charge in [-0.05, 0) is 49.1 Å². The Balaban J connectivity index is 1.54. The number of aryl methyl sites for hydroxylation is 1. The van der Waals surface area contributed by atoms with Gasteiger partial charge in [0.25, 0.3) is 0 Å². The Morgan fingerprint density at radius 1 is 1.24 bits per heavy atom. The lowest BCUT2D eigenvalue weighted by atomic mass is 10.0. The maximum absolute atomic E-state index is 12.8. The molecule has 6 nitrogen and oxygen atoms in total. The molecule has 0 unspecified atom stereocenters. The fourth-order valence-corrected chi connectivity index (χ4v) is 3.42. The number of rotatable bonds is 2. The van der Waals surface area contributed by atoms with E-state index < -0.39 is 0 Å². The van der Waals surface area contributed by atoms with Gasteiger partial charge in [0.05, 0.1) is 6.04 Å². The molecule has 4 rings (SSSR count). The summed E-state index contributed by atoms with van der Waals surface area (Å²) in [6.07, 6.45) is 5.37. The van der Waals surface area contributed by atoms with E-state index in [2.05, 4.69) is 10.3 Å². The molecule has 0 aliphatic carbocycles. The third kappa shape index (κ3) is 3.12. The number of nitrogens with zero attached hydrogens (tertiary/aromatic N) is 2. The molecule has 3 heterocycles. The first-order valence-electron chi connectivity index (χ1n) is 8.60. The van der Waals surface area contributed by atoms with Crippen molar-refractivity contribution in [2.75, 3.05) is 25.1 Å². The van der Waals surface area contributed by atoms with Crippen molar-refractivity contribution in [3.05, 3.63) is 47.8 Å². The zero-order valence-corrected chi connectivity index (χ0v) is 14.2. The zero-order valence-electron chi connectivity index (χ0n) is 14.2. The van der Waals surface area contributed by atoms with Crippen molar-refractivity contribution >= 4 is 11.7 Å². The molecule has 2 aliphatic rings. The maximum Gasteiger partial charge on any atom is 0.322 e. The van der Waals surface area contributed by atoms with Crippen molar-refractivity contribution in [1.29, 1.82) is 0 Å². The van der Waals surface area contributed by atoms with Gasteiger partial charge in [-0.25, -0.2) is 4.79 Å². The summed E-state index contributed by atoms with van der Waals surface area (Å²) in [5, 5.41) is 3.01. The number of hydrogen-bond acceptors (Lipinski definition) is 4. The highest BCUT2D eigenvalue weighted by atomic mass is 16.6. The average molecular weight is 339 g/mol. The van der Waals surface area contributed by atoms with Crippen LogP contribution in [-0.4, -0.2) is 35.7 Å². The summed E-state index contributed by atoms with van der Waals surface area (Å²) in [5.74, 6) is 1.54. The molecule has 6 heteroatoms. The van der Waals surface area contributed by atoms with E-state index in [1.807, 2.05) is 36.1 Å². The van der Waals surface area contributed by atoms with Crippen molar-refractivity contribution in [2.45, 2.75) is 25.8 Å². The minimum Gasteiger partial charge on any atom is -0.486 e. The molecule has 2 amide bonds. The molecule has 1 atom stereocenters. The molecule has 2 aromatic rings. The van der Waals surface area contributed by atoms with Gasteiger partial charge < -0.3 is 19.7 Å². The molecule has 0 spiro atoms. The van der Waals surface area contributed by atoms with Crippen LogP contribution in [0, 0.1) is 6.92 Å². The molecule has 1 N–H and O–H groups in total. The Bertz CT molecular complexity index is 793. The van der Waals surface area contributed by atoms with Crippen molar-refractivity contribution in [2.24, 2.45) is 0 Å². The largest absolute Gasteiger partial charge is 0.486 e. The molecular formula is C19H21N3O3. The maximum atomic E-state index is 12.8. The van der Waals surface area contributed by atoms with E-state index in [9.17, 15) is 4.79 Å². The number of nitrogens with one attached hydrogen (secondary N) is 1. The molecule has 1 aromatic heterocycles. The van der Waals surface area contributed by atoms with Crippen LogP contribution >= 0.6 is 0 Å². The number of carbonyl (C=O) groups is 1. The number of carbonyl (C=O) groups excluding carboxylic acids is 1. The number of fused-ring (bicyclic) bond motifs is 1. The fraction of sp³-hybridized carbons (Fsp3) is 0.368. The van der Waals surface area contributed by atoms with E-state index in [0.29, 0.717) is 13.2 Å². The van der Waals surface area contributed by atoms with E-state index >= 15 is 0 Å². The topological polar surface area (TPSA) is 63.7 Å². The van der Waals surface area contributed by atoms with Crippen LogP contribution < -0.4 is 14.8 Å². The Labute approximate surface area is 146 Å². The lowest BCUT2D eigenvalue weighted by Gasteiger charge is -2.27. The van der Waals surface area contributed by atoms with Crippen LogP contribution in [0.1, 0.15) is 30.0 Å². The molecule has 0 saturated carbocycles. The number of amides is 2. The molecule has 1 aromatic carbocycles. The number of likely N-dealkylation sites (tertiary alicyclic amines) is 1. The first kappa shape index (κ1) is 15.7. The predicted molar refractivity (Wildman–Crippen MR) is 94.1 cm³/mol. The van der Waals surface area contributed by atoms with Gasteiger partial charge in [-0.1, -0.05) is 6.07 Å². The van der Waals surface area contributed by atoms with Gasteiger partial charge in [0.2, 0.25) is 0 Å². The van der Waals surface area contributed by atoms with E-state index in [1.54, 1.807) is 12.4 Å². The van der Waals surface area contributed by atoms with Crippen molar-refractivity contribution < 1.29 is 14.3 Å². The van der Waals surface area contributed by atoms with Gasteiger partial charge in [0, 0.05) is 24.6 Å². The molecular weight excluding hydrogens is 318 g/mol. The lowest BCUT2D eigenvalue weighted by Crippen LogP contribution is -2.34. The molecule has 1 saturated heterocycles. The molecule has 1 fully saturated rings. The Morgan fingerprint density at radius 3 is 2.92 bits per heavy atom. The van der Waals surface area contributed by atoms with Gasteiger partial charge in [0.1, 0.15) is 13.2 Å². The third-order valence-electron chi connectivity index (χ3n) is 4.73. The predicted octanol–water partition coefficient (Wildman–Crippen LogP) is 3.53. The highest BCUT2D eigenvalue weighted by Crippen LogP contribution is 2.38. The number of pyridine rings is 1. The van der Waals surface area contributed by atoms with Crippen molar-refractivity contribution in [1.82, 2.24) is 9.88 Å². The fourth-order valence-electron chi connectivity index (χ4n) is 3.42. The van der Waals surface area contributed by atoms with Crippen molar-refractivity contribution in [3.8, 4) is 11.5 Å². The zero-order chi connectivity index (χ0) is 17.2. The van der Waals surface area contributed by atoms with Crippen molar-refractivity contribution in [3.63, 3.8) is 0 Å². The number of urea groups is 1. The monoisotopic (exact) mass is 339 g/mol. The van der Waals surface area contributed by atoms with E-state index in [-0.39, 0.29) is 12.1 Å². The number of ether oxygens (including phenoxy) is 2. The average Bonchev–Trinajstić information content (AvgIpc) is 3.13. The second kappa shape index (κ2) is 6.63. The van der Waals surface area contributed by atoms with Crippen LogP contribution in [-0.2, 0) is 0 Å². The smallest absolute Gasteiger partial charge is 0.322 e. The van der Waals surface area contributed by atoms with Gasteiger partial charge in [-0.2, -0.15) is 0 Å². The molecule has 0 radical (unpaired) electrons. The van der Waals surface area contributed by atoms with Crippen LogP contribution in [0.2, 0.25) is 0 Å². The van der Waals surface area contributed by atoms with Crippen LogP contribution in [0.4, 0.5) is 10.5 Å². The second-order valence-corrected chi connectivity index (χ2v) is 6.38. The number of anilines is 1. The van der Waals surface area contributed by atoms with Gasteiger partial charge in [0.15, 0.2) is 11.5 Å². The summed E-state index contributed by atoms with van der Waals surface area (Å²) in [7, 11) is 0. The van der Waals surface area contributed by atoms with Crippen LogP contribution in [0.5, 0.6) is 11.5 Å². The molecule has 0 bridgehead atoms. The summed E-state index contributed by atoms with van der Waals surface area (Å²) in [5.41, 5.74) is 2.84. The normalized spacial score (nSPS) is 18.9. The Hall–Kier alpha value is -2.76. The van der Waals surface area contributed by atoms with E-state index in [1.165, 1.54) is 0 Å². The molecule has 25 heavy (non-hydrogen) atoms. The highest BCUT2D eigenvalue weighted by molar-refractivity contribution is 5.90. The van der Waals surface area contributed by atoms with Gasteiger partial charge in [-0.3, -0.25) is 4.98 Å². The minimum absolute atomic E-state index is 0.0537. The molecule has 2 aliphatic heterocycles. The highest BCUT2D eigenvalue weighted by Gasteiger charge is 2.31. The third-order valence-corrected chi connectivity index (χ3v) is 4.73. The standard InChI is InChI=1S/C19H21N3O3/c1-13-12-20-7-6-15(13)21-19(23)22-8-2-3-16(22)14-4-5-17-18(11-14)25-10-9-24-17/h4-7,11-12,16H,2-3,8-10H2,1H3,(H,20,21,23)/t16-/m0/s1. The van der Waals surface area contributed by atoms with Gasteiger partial charge in [-0.15, -0.1) is 0 Å². The first-order valence-corrected chi connectivity index (χ1v) is 8.60. The van der Waals surface area contributed by atoms with Gasteiger partial charge >= 0.3 is 6.03 Å². The van der Waals surface area contributed by atoms with E-state index in [0.717, 1.165) is 47.7 Å². The number of aromatic nitrogens is 1. The quantitative estimate of drug-likeness (QED) is 0.909. The minimum atomic E-state index is -0.0771. The number of benzene rings is 1. The molecule has 130 valence electrons. The second-order valence-electron chi connectivity index (χ2n) is 6.38. The Morgan fingerprint density at radius 2 is 2.08 bits per heavy atom. The summed E-state index contributed by atoms with van der Waals surface area (Å²) in [4.78, 5) is 18.7. The van der Waals surface area contributed by atoms with E-state index in [4.69, 9.17) is 9.47 Å². The van der Waals surface area contributed by atoms with Crippen LogP contribution in [0.15, 0.2) is 36.7 Å². The Kier molecular flexibility index (Phi) is 4.17.